The van der Waals surface area contributed by atoms with Crippen LogP contribution in [0.1, 0.15) is 36.3 Å². The molecule has 0 spiro atoms. The minimum atomic E-state index is -0.0591. The maximum absolute atomic E-state index is 9.74. The van der Waals surface area contributed by atoms with Gasteiger partial charge in [-0.1, -0.05) is 30.7 Å². The Morgan fingerprint density at radius 1 is 1.18 bits per heavy atom. The van der Waals surface area contributed by atoms with E-state index < -0.39 is 0 Å². The zero-order chi connectivity index (χ0) is 11.7. The molecule has 3 atom stereocenters. The summed E-state index contributed by atoms with van der Waals surface area (Å²) in [5.74, 6) is 1.19. The molecule has 2 aliphatic rings. The summed E-state index contributed by atoms with van der Waals surface area (Å²) < 4.78 is 0. The molecule has 2 nitrogen and oxygen atoms in total. The average molecular weight is 231 g/mol. The lowest BCUT2D eigenvalue weighted by Crippen LogP contribution is -2.34. The summed E-state index contributed by atoms with van der Waals surface area (Å²) in [7, 11) is 0. The predicted octanol–water partition coefficient (Wildman–Crippen LogP) is 2.08. The van der Waals surface area contributed by atoms with Crippen LogP contribution in [0.15, 0.2) is 24.3 Å². The molecule has 0 radical (unpaired) electrons. The van der Waals surface area contributed by atoms with Crippen molar-refractivity contribution >= 4 is 0 Å². The van der Waals surface area contributed by atoms with Gasteiger partial charge < -0.3 is 10.4 Å². The van der Waals surface area contributed by atoms with Crippen molar-refractivity contribution in [1.82, 2.24) is 5.32 Å². The van der Waals surface area contributed by atoms with E-state index in [0.717, 1.165) is 19.5 Å². The van der Waals surface area contributed by atoms with Crippen LogP contribution in [0, 0.1) is 5.92 Å². The van der Waals surface area contributed by atoms with Crippen molar-refractivity contribution in [3.05, 3.63) is 35.4 Å². The molecular weight excluding hydrogens is 210 g/mol. The van der Waals surface area contributed by atoms with Gasteiger partial charge in [-0.25, -0.2) is 0 Å². The van der Waals surface area contributed by atoms with Gasteiger partial charge in [0.05, 0.1) is 6.10 Å². The van der Waals surface area contributed by atoms with Gasteiger partial charge in [0.25, 0.3) is 0 Å². The van der Waals surface area contributed by atoms with Crippen LogP contribution in [0.3, 0.4) is 0 Å². The molecule has 0 aliphatic heterocycles. The van der Waals surface area contributed by atoms with Crippen LogP contribution in [-0.4, -0.2) is 24.3 Å². The summed E-state index contributed by atoms with van der Waals surface area (Å²) in [5, 5.41) is 13.3. The van der Waals surface area contributed by atoms with E-state index >= 15 is 0 Å². The maximum atomic E-state index is 9.74. The van der Waals surface area contributed by atoms with Gasteiger partial charge in [-0.2, -0.15) is 0 Å². The first-order valence-electron chi connectivity index (χ1n) is 6.81. The molecule has 1 aromatic carbocycles. The molecule has 0 aromatic heterocycles. The topological polar surface area (TPSA) is 32.3 Å². The molecule has 0 heterocycles. The number of hydrogen-bond acceptors (Lipinski definition) is 2. The molecule has 1 fully saturated rings. The highest BCUT2D eigenvalue weighted by molar-refractivity contribution is 5.40. The fourth-order valence-electron chi connectivity index (χ4n) is 3.24. The van der Waals surface area contributed by atoms with Gasteiger partial charge in [-0.05, 0) is 36.3 Å². The number of nitrogens with one attached hydrogen (secondary N) is 1. The van der Waals surface area contributed by atoms with Crippen LogP contribution in [0.4, 0.5) is 0 Å². The van der Waals surface area contributed by atoms with Gasteiger partial charge in [0.1, 0.15) is 0 Å². The van der Waals surface area contributed by atoms with Crippen molar-refractivity contribution in [2.75, 3.05) is 13.1 Å². The number of rotatable bonds is 4. The fraction of sp³-hybridized carbons (Fsp3) is 0.600. The van der Waals surface area contributed by atoms with Crippen LogP contribution < -0.4 is 5.32 Å². The standard InChI is InChI=1S/C15H21NO/c17-15-7-3-5-12(15)9-16-10-13-8-11-4-1-2-6-14(11)13/h1-2,4,6,12-13,15-17H,3,5,7-10H2. The van der Waals surface area contributed by atoms with Crippen molar-refractivity contribution in [1.29, 1.82) is 0 Å². The number of aliphatic hydroxyl groups is 1. The van der Waals surface area contributed by atoms with Crippen LogP contribution in [0.2, 0.25) is 0 Å². The average Bonchev–Trinajstić information content (AvgIpc) is 2.71. The second-order valence-corrected chi connectivity index (χ2v) is 5.52. The highest BCUT2D eigenvalue weighted by atomic mass is 16.3. The summed E-state index contributed by atoms with van der Waals surface area (Å²) in [6.45, 7) is 2.06. The lowest BCUT2D eigenvalue weighted by Gasteiger charge is -2.30. The minimum Gasteiger partial charge on any atom is -0.393 e. The number of hydrogen-bond donors (Lipinski definition) is 2. The molecule has 0 amide bonds. The smallest absolute Gasteiger partial charge is 0.0580 e. The van der Waals surface area contributed by atoms with Crippen LogP contribution in [-0.2, 0) is 6.42 Å². The Morgan fingerprint density at radius 3 is 2.82 bits per heavy atom. The van der Waals surface area contributed by atoms with Crippen LogP contribution in [0.5, 0.6) is 0 Å². The zero-order valence-electron chi connectivity index (χ0n) is 10.2. The second-order valence-electron chi connectivity index (χ2n) is 5.52. The maximum Gasteiger partial charge on any atom is 0.0580 e. The predicted molar refractivity (Wildman–Crippen MR) is 69.1 cm³/mol. The molecule has 3 unspecified atom stereocenters. The van der Waals surface area contributed by atoms with E-state index in [1.165, 1.54) is 30.4 Å². The van der Waals surface area contributed by atoms with E-state index in [0.29, 0.717) is 11.8 Å². The van der Waals surface area contributed by atoms with E-state index in [4.69, 9.17) is 0 Å². The molecule has 1 aromatic rings. The molecule has 1 saturated carbocycles. The van der Waals surface area contributed by atoms with Gasteiger partial charge in [0.15, 0.2) is 0 Å². The molecule has 0 saturated heterocycles. The number of benzene rings is 1. The zero-order valence-corrected chi connectivity index (χ0v) is 10.2. The first kappa shape index (κ1) is 11.2. The highest BCUT2D eigenvalue weighted by Crippen LogP contribution is 2.34. The molecule has 2 N–H and O–H groups in total. The van der Waals surface area contributed by atoms with Crippen molar-refractivity contribution in [2.45, 2.75) is 37.7 Å². The number of aliphatic hydroxyl groups excluding tert-OH is 1. The van der Waals surface area contributed by atoms with Crippen molar-refractivity contribution in [3.63, 3.8) is 0 Å². The third-order valence-corrected chi connectivity index (χ3v) is 4.38. The van der Waals surface area contributed by atoms with E-state index in [-0.39, 0.29) is 6.10 Å². The quantitative estimate of drug-likeness (QED) is 0.831. The van der Waals surface area contributed by atoms with Crippen molar-refractivity contribution < 1.29 is 5.11 Å². The summed E-state index contributed by atoms with van der Waals surface area (Å²) in [4.78, 5) is 0. The highest BCUT2D eigenvalue weighted by Gasteiger charge is 2.27. The first-order chi connectivity index (χ1) is 8.34. The summed E-state index contributed by atoms with van der Waals surface area (Å²) in [6.07, 6.45) is 4.54. The second kappa shape index (κ2) is 4.79. The van der Waals surface area contributed by atoms with Crippen molar-refractivity contribution in [2.24, 2.45) is 5.92 Å². The molecule has 17 heavy (non-hydrogen) atoms. The Balaban J connectivity index is 1.45. The summed E-state index contributed by atoms with van der Waals surface area (Å²) >= 11 is 0. The molecule has 0 bridgehead atoms. The first-order valence-corrected chi connectivity index (χ1v) is 6.81. The van der Waals surface area contributed by atoms with E-state index in [2.05, 4.69) is 29.6 Å². The lowest BCUT2D eigenvalue weighted by atomic mass is 9.77. The summed E-state index contributed by atoms with van der Waals surface area (Å²) in [6, 6.07) is 8.73. The summed E-state index contributed by atoms with van der Waals surface area (Å²) in [5.41, 5.74) is 3.03. The molecule has 92 valence electrons. The monoisotopic (exact) mass is 231 g/mol. The minimum absolute atomic E-state index is 0.0591. The third kappa shape index (κ3) is 2.24. The van der Waals surface area contributed by atoms with E-state index in [1.54, 1.807) is 0 Å². The van der Waals surface area contributed by atoms with Gasteiger partial charge in [-0.3, -0.25) is 0 Å². The Hall–Kier alpha value is -0.860. The fourth-order valence-corrected chi connectivity index (χ4v) is 3.24. The Bertz CT molecular complexity index is 390. The molecule has 2 aliphatic carbocycles. The molecule has 2 heteroatoms. The normalized spacial score (nSPS) is 31.0. The molecule has 3 rings (SSSR count). The lowest BCUT2D eigenvalue weighted by molar-refractivity contribution is 0.131. The van der Waals surface area contributed by atoms with E-state index in [9.17, 15) is 5.11 Å². The van der Waals surface area contributed by atoms with Crippen molar-refractivity contribution in [3.8, 4) is 0 Å². The van der Waals surface area contributed by atoms with Gasteiger partial charge >= 0.3 is 0 Å². The van der Waals surface area contributed by atoms with Crippen LogP contribution >= 0.6 is 0 Å². The largest absolute Gasteiger partial charge is 0.393 e. The SMILES string of the molecule is OC1CCCC1CNCC1Cc2ccccc21. The van der Waals surface area contributed by atoms with E-state index in [1.807, 2.05) is 0 Å². The van der Waals surface area contributed by atoms with Gasteiger partial charge in [0.2, 0.25) is 0 Å². The van der Waals surface area contributed by atoms with Gasteiger partial charge in [-0.15, -0.1) is 0 Å². The third-order valence-electron chi connectivity index (χ3n) is 4.38. The van der Waals surface area contributed by atoms with Crippen LogP contribution in [0.25, 0.3) is 0 Å². The van der Waals surface area contributed by atoms with Gasteiger partial charge in [0, 0.05) is 19.0 Å². The molecular formula is C15H21NO. The Labute approximate surface area is 103 Å². The Kier molecular flexibility index (Phi) is 3.17. The number of fused-ring (bicyclic) bond motifs is 1. The Morgan fingerprint density at radius 2 is 2.06 bits per heavy atom.